The minimum Gasteiger partial charge on any atom is -0.457 e. The summed E-state index contributed by atoms with van der Waals surface area (Å²) in [6.45, 7) is -0.180. The van der Waals surface area contributed by atoms with E-state index in [9.17, 15) is 9.59 Å². The molecule has 0 aliphatic rings. The molecule has 0 atom stereocenters. The second-order valence-corrected chi connectivity index (χ2v) is 7.03. The first-order valence-corrected chi connectivity index (χ1v) is 9.52. The summed E-state index contributed by atoms with van der Waals surface area (Å²) in [7, 11) is 1.54. The highest BCUT2D eigenvalue weighted by molar-refractivity contribution is 6.39. The lowest BCUT2D eigenvalue weighted by Gasteiger charge is -2.19. The van der Waals surface area contributed by atoms with Gasteiger partial charge in [0.05, 0.1) is 27.8 Å². The number of carbonyl (C=O) groups excluding carboxylic acids is 2. The van der Waals surface area contributed by atoms with Gasteiger partial charge in [0.15, 0.2) is 0 Å². The van der Waals surface area contributed by atoms with E-state index in [1.165, 1.54) is 11.9 Å². The first kappa shape index (κ1) is 20.7. The number of hydrogen-bond donors (Lipinski definition) is 1. The lowest BCUT2D eigenvalue weighted by Crippen LogP contribution is -2.35. The van der Waals surface area contributed by atoms with E-state index in [-0.39, 0.29) is 12.5 Å². The Hall–Kier alpha value is -3.02. The normalized spacial score (nSPS) is 10.3. The standard InChI is InChI=1S/C22H18Cl2N2O3/c1-26(14-20(27)25-21-17(23)11-7-12-18(21)24)22(28)16-10-5-6-13-19(16)29-15-8-3-2-4-9-15/h2-13H,14H2,1H3,(H,25,27). The molecule has 0 aliphatic heterocycles. The van der Waals surface area contributed by atoms with Gasteiger partial charge in [-0.2, -0.15) is 0 Å². The number of carbonyl (C=O) groups is 2. The van der Waals surface area contributed by atoms with Crippen molar-refractivity contribution in [2.24, 2.45) is 0 Å². The van der Waals surface area contributed by atoms with Gasteiger partial charge in [-0.3, -0.25) is 9.59 Å². The van der Waals surface area contributed by atoms with Gasteiger partial charge in [-0.05, 0) is 36.4 Å². The van der Waals surface area contributed by atoms with Gasteiger partial charge in [0, 0.05) is 7.05 Å². The van der Waals surface area contributed by atoms with Crippen LogP contribution in [0.4, 0.5) is 5.69 Å². The van der Waals surface area contributed by atoms with Crippen molar-refractivity contribution in [3.05, 3.63) is 88.4 Å². The third kappa shape index (κ3) is 5.28. The Bertz CT molecular complexity index is 1010. The number of halogens is 2. The van der Waals surface area contributed by atoms with Crippen LogP contribution < -0.4 is 10.1 Å². The van der Waals surface area contributed by atoms with Crippen molar-refractivity contribution in [1.29, 1.82) is 0 Å². The highest BCUT2D eigenvalue weighted by atomic mass is 35.5. The number of ether oxygens (including phenoxy) is 1. The maximum atomic E-state index is 12.9. The van der Waals surface area contributed by atoms with Gasteiger partial charge in [-0.25, -0.2) is 0 Å². The monoisotopic (exact) mass is 428 g/mol. The smallest absolute Gasteiger partial charge is 0.257 e. The Labute approximate surface area is 178 Å². The Morgan fingerprint density at radius 3 is 2.21 bits per heavy atom. The average molecular weight is 429 g/mol. The van der Waals surface area contributed by atoms with E-state index >= 15 is 0 Å². The number of nitrogens with zero attached hydrogens (tertiary/aromatic N) is 1. The van der Waals surface area contributed by atoms with E-state index in [4.69, 9.17) is 27.9 Å². The fourth-order valence-electron chi connectivity index (χ4n) is 2.64. The molecule has 0 aromatic heterocycles. The van der Waals surface area contributed by atoms with E-state index in [2.05, 4.69) is 5.32 Å². The molecule has 0 unspecified atom stereocenters. The Balaban J connectivity index is 1.71. The summed E-state index contributed by atoms with van der Waals surface area (Å²) in [5, 5.41) is 3.28. The molecule has 2 amide bonds. The third-order valence-corrected chi connectivity index (χ3v) is 4.67. The Morgan fingerprint density at radius 1 is 0.897 bits per heavy atom. The number of amides is 2. The molecule has 3 rings (SSSR count). The second kappa shape index (κ2) is 9.45. The molecule has 1 N–H and O–H groups in total. The predicted octanol–water partition coefficient (Wildman–Crippen LogP) is 5.50. The van der Waals surface area contributed by atoms with Crippen molar-refractivity contribution in [2.45, 2.75) is 0 Å². The van der Waals surface area contributed by atoms with Crippen molar-refractivity contribution in [3.8, 4) is 11.5 Å². The van der Waals surface area contributed by atoms with E-state index in [0.717, 1.165) is 0 Å². The van der Waals surface area contributed by atoms with Crippen LogP contribution in [0.25, 0.3) is 0 Å². The van der Waals surface area contributed by atoms with E-state index in [1.54, 1.807) is 54.6 Å². The molecule has 0 bridgehead atoms. The van der Waals surface area contributed by atoms with Gasteiger partial charge in [-0.1, -0.05) is 59.6 Å². The molecule has 7 heteroatoms. The molecule has 0 aliphatic carbocycles. The van der Waals surface area contributed by atoms with Crippen LogP contribution in [0.15, 0.2) is 72.8 Å². The molecule has 3 aromatic rings. The molecule has 29 heavy (non-hydrogen) atoms. The van der Waals surface area contributed by atoms with Gasteiger partial charge < -0.3 is 15.0 Å². The fraction of sp³-hybridized carbons (Fsp3) is 0.0909. The van der Waals surface area contributed by atoms with Crippen molar-refractivity contribution in [2.75, 3.05) is 18.9 Å². The maximum Gasteiger partial charge on any atom is 0.257 e. The van der Waals surface area contributed by atoms with Crippen LogP contribution in [0.3, 0.4) is 0 Å². The van der Waals surface area contributed by atoms with E-state index in [0.29, 0.717) is 32.8 Å². The molecule has 0 radical (unpaired) electrons. The number of hydrogen-bond acceptors (Lipinski definition) is 3. The van der Waals surface area contributed by atoms with Gasteiger partial charge in [0.2, 0.25) is 5.91 Å². The summed E-state index contributed by atoms with van der Waals surface area (Å²) in [4.78, 5) is 26.6. The number of rotatable bonds is 6. The van der Waals surface area contributed by atoms with Crippen LogP contribution in [0, 0.1) is 0 Å². The summed E-state index contributed by atoms with van der Waals surface area (Å²) >= 11 is 12.1. The fourth-order valence-corrected chi connectivity index (χ4v) is 3.13. The van der Waals surface area contributed by atoms with Crippen LogP contribution in [-0.2, 0) is 4.79 Å². The van der Waals surface area contributed by atoms with Gasteiger partial charge >= 0.3 is 0 Å². The zero-order valence-electron chi connectivity index (χ0n) is 15.6. The largest absolute Gasteiger partial charge is 0.457 e. The summed E-state index contributed by atoms with van der Waals surface area (Å²) in [6, 6.07) is 21.0. The molecular weight excluding hydrogens is 411 g/mol. The summed E-state index contributed by atoms with van der Waals surface area (Å²) in [5.74, 6) is 0.251. The topological polar surface area (TPSA) is 58.6 Å². The molecule has 148 valence electrons. The number of nitrogens with one attached hydrogen (secondary N) is 1. The molecular formula is C22H18Cl2N2O3. The van der Waals surface area contributed by atoms with Crippen molar-refractivity contribution >= 4 is 40.7 Å². The predicted molar refractivity (Wildman–Crippen MR) is 115 cm³/mol. The van der Waals surface area contributed by atoms with Crippen LogP contribution >= 0.6 is 23.2 Å². The quantitative estimate of drug-likeness (QED) is 0.563. The van der Waals surface area contributed by atoms with Crippen LogP contribution in [0.2, 0.25) is 10.0 Å². The first-order valence-electron chi connectivity index (χ1n) is 8.77. The second-order valence-electron chi connectivity index (χ2n) is 6.22. The van der Waals surface area contributed by atoms with Crippen LogP contribution in [-0.4, -0.2) is 30.3 Å². The minimum atomic E-state index is -0.419. The molecule has 5 nitrogen and oxygen atoms in total. The van der Waals surface area contributed by atoms with E-state index < -0.39 is 5.91 Å². The van der Waals surface area contributed by atoms with Crippen molar-refractivity contribution in [1.82, 2.24) is 4.90 Å². The van der Waals surface area contributed by atoms with Gasteiger partial charge in [0.1, 0.15) is 11.5 Å². The van der Waals surface area contributed by atoms with Gasteiger partial charge in [0.25, 0.3) is 5.91 Å². The van der Waals surface area contributed by atoms with E-state index in [1.807, 2.05) is 18.2 Å². The van der Waals surface area contributed by atoms with Crippen LogP contribution in [0.5, 0.6) is 11.5 Å². The lowest BCUT2D eigenvalue weighted by molar-refractivity contribution is -0.116. The third-order valence-electron chi connectivity index (χ3n) is 4.04. The Kier molecular flexibility index (Phi) is 6.75. The average Bonchev–Trinajstić information content (AvgIpc) is 2.71. The highest BCUT2D eigenvalue weighted by Crippen LogP contribution is 2.30. The number of anilines is 1. The van der Waals surface area contributed by atoms with Gasteiger partial charge in [-0.15, -0.1) is 0 Å². The zero-order chi connectivity index (χ0) is 20.8. The SMILES string of the molecule is CN(CC(=O)Nc1c(Cl)cccc1Cl)C(=O)c1ccccc1Oc1ccccc1. The summed E-state index contributed by atoms with van der Waals surface area (Å²) in [6.07, 6.45) is 0. The zero-order valence-corrected chi connectivity index (χ0v) is 17.1. The summed E-state index contributed by atoms with van der Waals surface area (Å²) in [5.41, 5.74) is 0.664. The van der Waals surface area contributed by atoms with Crippen molar-refractivity contribution < 1.29 is 14.3 Å². The van der Waals surface area contributed by atoms with Crippen LogP contribution in [0.1, 0.15) is 10.4 Å². The molecule has 0 saturated heterocycles. The summed E-state index contributed by atoms with van der Waals surface area (Å²) < 4.78 is 5.83. The number of benzene rings is 3. The molecule has 0 heterocycles. The maximum absolute atomic E-state index is 12.9. The molecule has 0 saturated carbocycles. The minimum absolute atomic E-state index is 0.180. The van der Waals surface area contributed by atoms with Crippen molar-refractivity contribution in [3.63, 3.8) is 0 Å². The number of para-hydroxylation sites is 3. The lowest BCUT2D eigenvalue weighted by atomic mass is 10.1. The molecule has 3 aromatic carbocycles. The number of likely N-dealkylation sites (N-methyl/N-ethyl adjacent to an activating group) is 1. The molecule has 0 spiro atoms. The highest BCUT2D eigenvalue weighted by Gasteiger charge is 2.20. The Morgan fingerprint density at radius 2 is 1.52 bits per heavy atom. The first-order chi connectivity index (χ1) is 14.0. The molecule has 0 fully saturated rings.